The van der Waals surface area contributed by atoms with Gasteiger partial charge < -0.3 is 25.6 Å². The molecule has 0 aliphatic heterocycles. The van der Waals surface area contributed by atoms with Crippen LogP contribution in [-0.2, 0) is 20.5 Å². The summed E-state index contributed by atoms with van der Waals surface area (Å²) in [6.07, 6.45) is 2.43. The minimum atomic E-state index is -1.40. The first-order valence-electron chi connectivity index (χ1n) is 13.2. The summed E-state index contributed by atoms with van der Waals surface area (Å²) >= 11 is 0. The predicted octanol–water partition coefficient (Wildman–Crippen LogP) is 4.50. The maximum Gasteiger partial charge on any atom is 0.218 e. The topological polar surface area (TPSA) is 90.8 Å². The first-order valence-corrected chi connectivity index (χ1v) is 13.2. The van der Waals surface area contributed by atoms with Crippen molar-refractivity contribution in [3.05, 3.63) is 82.2 Å². The van der Waals surface area contributed by atoms with E-state index in [0.29, 0.717) is 0 Å². The van der Waals surface area contributed by atoms with E-state index < -0.39 is 35.7 Å². The molecule has 0 bridgehead atoms. The van der Waals surface area contributed by atoms with Gasteiger partial charge in [0.15, 0.2) is 11.9 Å². The fourth-order valence-electron chi connectivity index (χ4n) is 5.53. The minimum Gasteiger partial charge on any atom is -0.496 e. The molecule has 4 N–H and O–H groups in total. The Kier molecular flexibility index (Phi) is 8.26. The zero-order chi connectivity index (χ0) is 27.7. The normalized spacial score (nSPS) is 21.1. The molecule has 4 rings (SSSR count). The van der Waals surface area contributed by atoms with Crippen LogP contribution in [0.25, 0.3) is 0 Å². The summed E-state index contributed by atoms with van der Waals surface area (Å²) < 4.78 is 33.4. The highest BCUT2D eigenvalue weighted by Gasteiger charge is 2.42. The van der Waals surface area contributed by atoms with Crippen LogP contribution >= 0.6 is 0 Å². The highest BCUT2D eigenvalue weighted by Crippen LogP contribution is 2.39. The van der Waals surface area contributed by atoms with Crippen molar-refractivity contribution < 1.29 is 28.5 Å². The summed E-state index contributed by atoms with van der Waals surface area (Å²) in [4.78, 5) is 12.3. The quantitative estimate of drug-likeness (QED) is 0.383. The van der Waals surface area contributed by atoms with E-state index in [0.717, 1.165) is 55.9 Å². The summed E-state index contributed by atoms with van der Waals surface area (Å²) in [6.45, 7) is 6.62. The number of hydrogen-bond acceptors (Lipinski definition) is 6. The van der Waals surface area contributed by atoms with Gasteiger partial charge in [0.05, 0.1) is 19.3 Å². The lowest BCUT2D eigenvalue weighted by Crippen LogP contribution is -2.51. The highest BCUT2D eigenvalue weighted by atomic mass is 19.1. The Labute approximate surface area is 223 Å². The minimum absolute atomic E-state index is 0.0148. The molecule has 8 heteroatoms. The molecule has 3 atom stereocenters. The maximum atomic E-state index is 14.2. The standard InChI is InChI=1S/C30H38F2N2O4/c1-29(2,3)19-9-8-10-20(15-19)30(11-6-5-7-12-30)33-17-23(35)24(18-13-21(31)16-22(32)14-18)34-25-26(36)27(37)28(25)38-4/h8-10,13-16,23-24,27,33-35,37H,5-7,11-12,17H2,1-4H3. The number of rotatable bonds is 9. The summed E-state index contributed by atoms with van der Waals surface area (Å²) in [5.41, 5.74) is 2.12. The summed E-state index contributed by atoms with van der Waals surface area (Å²) in [5, 5.41) is 27.8. The van der Waals surface area contributed by atoms with E-state index in [1.54, 1.807) is 0 Å². The van der Waals surface area contributed by atoms with Gasteiger partial charge in [0.25, 0.3) is 0 Å². The van der Waals surface area contributed by atoms with Crippen molar-refractivity contribution in [2.45, 2.75) is 82.1 Å². The van der Waals surface area contributed by atoms with Gasteiger partial charge in [0.1, 0.15) is 17.3 Å². The second-order valence-electron chi connectivity index (χ2n) is 11.5. The monoisotopic (exact) mass is 528 g/mol. The number of Topliss-reactive ketones (excluding diaryl/α,β-unsaturated/α-hetero) is 1. The molecule has 3 unspecified atom stereocenters. The lowest BCUT2D eigenvalue weighted by Gasteiger charge is -2.41. The zero-order valence-corrected chi connectivity index (χ0v) is 22.5. The molecule has 1 saturated carbocycles. The van der Waals surface area contributed by atoms with Gasteiger partial charge in [-0.05, 0) is 47.1 Å². The SMILES string of the molecule is COC1=C(NC(c2cc(F)cc(F)c2)C(O)CNC2(c3cccc(C(C)(C)C)c3)CCCCC2)C(=O)C1O. The number of halogens is 2. The van der Waals surface area contributed by atoms with Gasteiger partial charge in [-0.15, -0.1) is 0 Å². The van der Waals surface area contributed by atoms with Crippen molar-refractivity contribution in [2.24, 2.45) is 0 Å². The third-order valence-electron chi connectivity index (χ3n) is 7.78. The lowest BCUT2D eigenvalue weighted by molar-refractivity contribution is -0.128. The molecule has 1 fully saturated rings. The molecular formula is C30H38F2N2O4. The molecule has 2 aromatic rings. The fraction of sp³-hybridized carbons (Fsp3) is 0.500. The Morgan fingerprint density at radius 1 is 1.08 bits per heavy atom. The smallest absolute Gasteiger partial charge is 0.218 e. The van der Waals surface area contributed by atoms with Crippen LogP contribution in [0.1, 0.15) is 75.6 Å². The largest absolute Gasteiger partial charge is 0.496 e. The molecule has 0 amide bonds. The Balaban J connectivity index is 1.63. The maximum absolute atomic E-state index is 14.2. The van der Waals surface area contributed by atoms with Crippen LogP contribution in [0.4, 0.5) is 8.78 Å². The molecule has 0 heterocycles. The highest BCUT2D eigenvalue weighted by molar-refractivity contribution is 6.07. The molecule has 0 radical (unpaired) electrons. The first-order chi connectivity index (χ1) is 17.9. The van der Waals surface area contributed by atoms with Gasteiger partial charge in [0, 0.05) is 18.2 Å². The molecule has 0 spiro atoms. The van der Waals surface area contributed by atoms with Crippen molar-refractivity contribution in [3.63, 3.8) is 0 Å². The Morgan fingerprint density at radius 2 is 1.74 bits per heavy atom. The number of carbonyl (C=O) groups excluding carboxylic acids is 1. The Bertz CT molecular complexity index is 1180. The molecule has 2 aliphatic rings. The molecular weight excluding hydrogens is 490 g/mol. The van der Waals surface area contributed by atoms with E-state index in [4.69, 9.17) is 4.74 Å². The van der Waals surface area contributed by atoms with Crippen LogP contribution in [-0.4, -0.2) is 41.9 Å². The predicted molar refractivity (Wildman–Crippen MR) is 141 cm³/mol. The van der Waals surface area contributed by atoms with E-state index in [9.17, 15) is 23.8 Å². The molecule has 38 heavy (non-hydrogen) atoms. The number of nitrogens with one attached hydrogen (secondary N) is 2. The molecule has 2 aliphatic carbocycles. The van der Waals surface area contributed by atoms with E-state index in [1.807, 2.05) is 0 Å². The number of benzene rings is 2. The summed E-state index contributed by atoms with van der Waals surface area (Å²) in [6, 6.07) is 10.5. The molecule has 6 nitrogen and oxygen atoms in total. The third-order valence-corrected chi connectivity index (χ3v) is 7.78. The van der Waals surface area contributed by atoms with Gasteiger partial charge in [-0.2, -0.15) is 0 Å². The average Bonchev–Trinajstić information content (AvgIpc) is 2.88. The van der Waals surface area contributed by atoms with E-state index in [2.05, 4.69) is 55.7 Å². The number of ketones is 1. The Morgan fingerprint density at radius 3 is 2.34 bits per heavy atom. The second-order valence-corrected chi connectivity index (χ2v) is 11.5. The van der Waals surface area contributed by atoms with Gasteiger partial charge in [-0.1, -0.05) is 64.3 Å². The second kappa shape index (κ2) is 11.1. The van der Waals surface area contributed by atoms with E-state index >= 15 is 0 Å². The van der Waals surface area contributed by atoms with Crippen molar-refractivity contribution in [1.29, 1.82) is 0 Å². The van der Waals surface area contributed by atoms with Crippen LogP contribution in [0.2, 0.25) is 0 Å². The van der Waals surface area contributed by atoms with Crippen molar-refractivity contribution in [2.75, 3.05) is 13.7 Å². The fourth-order valence-corrected chi connectivity index (χ4v) is 5.53. The zero-order valence-electron chi connectivity index (χ0n) is 22.5. The van der Waals surface area contributed by atoms with Crippen LogP contribution in [0.3, 0.4) is 0 Å². The number of methoxy groups -OCH3 is 1. The molecule has 2 aromatic carbocycles. The van der Waals surface area contributed by atoms with Crippen molar-refractivity contribution in [1.82, 2.24) is 10.6 Å². The van der Waals surface area contributed by atoms with Crippen molar-refractivity contribution >= 4 is 5.78 Å². The number of aliphatic hydroxyl groups is 2. The first kappa shape index (κ1) is 28.2. The molecule has 0 aromatic heterocycles. The Hall–Kier alpha value is -2.81. The summed E-state index contributed by atoms with van der Waals surface area (Å²) in [5.74, 6) is -2.17. The third kappa shape index (κ3) is 5.77. The summed E-state index contributed by atoms with van der Waals surface area (Å²) in [7, 11) is 1.32. The number of carbonyl (C=O) groups is 1. The van der Waals surface area contributed by atoms with Crippen LogP contribution in [0.5, 0.6) is 0 Å². The van der Waals surface area contributed by atoms with Gasteiger partial charge in [0.2, 0.25) is 5.78 Å². The van der Waals surface area contributed by atoms with Gasteiger partial charge in [-0.3, -0.25) is 4.79 Å². The van der Waals surface area contributed by atoms with Crippen LogP contribution in [0.15, 0.2) is 53.9 Å². The van der Waals surface area contributed by atoms with E-state index in [1.165, 1.54) is 12.7 Å². The van der Waals surface area contributed by atoms with E-state index in [-0.39, 0.29) is 34.5 Å². The average molecular weight is 529 g/mol. The molecule has 0 saturated heterocycles. The van der Waals surface area contributed by atoms with Gasteiger partial charge >= 0.3 is 0 Å². The lowest BCUT2D eigenvalue weighted by atomic mass is 9.74. The van der Waals surface area contributed by atoms with Crippen LogP contribution < -0.4 is 10.6 Å². The molecule has 206 valence electrons. The van der Waals surface area contributed by atoms with Gasteiger partial charge in [-0.25, -0.2) is 8.78 Å². The number of ether oxygens (including phenoxy) is 1. The number of aliphatic hydroxyl groups excluding tert-OH is 2. The number of hydrogen-bond donors (Lipinski definition) is 4. The van der Waals surface area contributed by atoms with Crippen LogP contribution in [0, 0.1) is 11.6 Å². The van der Waals surface area contributed by atoms with Crippen molar-refractivity contribution in [3.8, 4) is 0 Å².